The van der Waals surface area contributed by atoms with Crippen LogP contribution in [0, 0.1) is 10.1 Å². The number of nitro benzene ring substituents is 1. The summed E-state index contributed by atoms with van der Waals surface area (Å²) < 4.78 is 11.2. The molecule has 0 saturated carbocycles. The largest absolute Gasteiger partial charge is 0.466 e. The van der Waals surface area contributed by atoms with Crippen LogP contribution in [0.4, 0.5) is 5.69 Å². The summed E-state index contributed by atoms with van der Waals surface area (Å²) in [4.78, 5) is 40.1. The van der Waals surface area contributed by atoms with E-state index < -0.39 is 28.4 Å². The van der Waals surface area contributed by atoms with Crippen molar-refractivity contribution in [3.05, 3.63) is 122 Å². The van der Waals surface area contributed by atoms with Gasteiger partial charge >= 0.3 is 11.9 Å². The molecule has 1 heterocycles. The fraction of sp³-hybridized carbons (Fsp3) is 0.389. The highest BCUT2D eigenvalue weighted by Gasteiger charge is 2.40. The monoisotopic (exact) mass is 651 g/mol. The van der Waals surface area contributed by atoms with Gasteiger partial charge in [0.05, 0.1) is 29.1 Å². The van der Waals surface area contributed by atoms with Crippen LogP contribution in [0.5, 0.6) is 0 Å². The number of methoxy groups -OCH3 is 1. The third kappa shape index (κ3) is 9.64. The van der Waals surface area contributed by atoms with Crippen LogP contribution in [-0.4, -0.2) is 54.6 Å². The third-order valence-corrected chi connectivity index (χ3v) is 7.92. The van der Waals surface area contributed by atoms with E-state index in [0.29, 0.717) is 23.5 Å². The molecular weight excluding hydrogens is 606 g/mol. The summed E-state index contributed by atoms with van der Waals surface area (Å²) in [5.41, 5.74) is 3.28. The molecule has 2 unspecified atom stereocenters. The molecule has 0 spiro atoms. The lowest BCUT2D eigenvalue weighted by Gasteiger charge is -2.34. The number of hydrogen-bond donors (Lipinski definition) is 1. The minimum Gasteiger partial charge on any atom is -0.466 e. The Balaban J connectivity index is 0.00000736. The first kappa shape index (κ1) is 38.0. The lowest BCUT2D eigenvalue weighted by Crippen LogP contribution is -2.42. The molecular formula is C36H46ClN3O6. The summed E-state index contributed by atoms with van der Waals surface area (Å²) in [6.45, 7) is 12.5. The van der Waals surface area contributed by atoms with Crippen molar-refractivity contribution in [2.45, 2.75) is 65.4 Å². The van der Waals surface area contributed by atoms with Crippen LogP contribution in [0.3, 0.4) is 0 Å². The van der Waals surface area contributed by atoms with Gasteiger partial charge in [-0.1, -0.05) is 66.3 Å². The lowest BCUT2D eigenvalue weighted by atomic mass is 9.80. The maximum absolute atomic E-state index is 14.0. The van der Waals surface area contributed by atoms with Crippen LogP contribution in [0.25, 0.3) is 0 Å². The predicted octanol–water partition coefficient (Wildman–Crippen LogP) is 7.37. The van der Waals surface area contributed by atoms with Gasteiger partial charge in [0.1, 0.15) is 5.60 Å². The van der Waals surface area contributed by atoms with Crippen molar-refractivity contribution in [1.82, 2.24) is 10.2 Å². The highest BCUT2D eigenvalue weighted by molar-refractivity contribution is 6.00. The van der Waals surface area contributed by atoms with Gasteiger partial charge in [0.25, 0.3) is 5.69 Å². The van der Waals surface area contributed by atoms with Crippen molar-refractivity contribution in [2.75, 3.05) is 27.2 Å². The first-order valence-corrected chi connectivity index (χ1v) is 15.1. The number of dihydropyridines is 1. The van der Waals surface area contributed by atoms with Gasteiger partial charge in [0.15, 0.2) is 0 Å². The Kier molecular flexibility index (Phi) is 14.0. The number of likely N-dealkylation sites (N-methyl/N-ethyl adjacent to an activating group) is 1. The van der Waals surface area contributed by atoms with Gasteiger partial charge < -0.3 is 19.7 Å². The first-order chi connectivity index (χ1) is 21.3. The Bertz CT molecular complexity index is 1530. The van der Waals surface area contributed by atoms with E-state index in [0.717, 1.165) is 13.0 Å². The van der Waals surface area contributed by atoms with Crippen molar-refractivity contribution in [3.63, 3.8) is 0 Å². The zero-order chi connectivity index (χ0) is 33.3. The maximum atomic E-state index is 14.0. The number of rotatable bonds is 13. The number of non-ortho nitro benzene ring substituents is 1. The van der Waals surface area contributed by atoms with E-state index in [1.54, 1.807) is 19.9 Å². The number of esters is 2. The van der Waals surface area contributed by atoms with Crippen molar-refractivity contribution >= 4 is 30.0 Å². The van der Waals surface area contributed by atoms with Gasteiger partial charge in [-0.15, -0.1) is 12.4 Å². The lowest BCUT2D eigenvalue weighted by molar-refractivity contribution is -0.384. The summed E-state index contributed by atoms with van der Waals surface area (Å²) in [6.07, 6.45) is 7.09. The Labute approximate surface area is 278 Å². The maximum Gasteiger partial charge on any atom is 0.337 e. The number of carbonyl (C=O) groups excluding carboxylic acids is 2. The number of nitrogens with zero attached hydrogens (tertiary/aromatic N) is 2. The number of nitrogens with one attached hydrogen (secondary N) is 1. The fourth-order valence-corrected chi connectivity index (χ4v) is 5.92. The molecule has 248 valence electrons. The van der Waals surface area contributed by atoms with Gasteiger partial charge in [-0.05, 0) is 72.7 Å². The molecule has 0 aromatic heterocycles. The van der Waals surface area contributed by atoms with Crippen LogP contribution in [0.15, 0.2) is 101 Å². The quantitative estimate of drug-likeness (QED) is 0.103. The summed E-state index contributed by atoms with van der Waals surface area (Å²) in [5.74, 6) is -1.94. The predicted molar refractivity (Wildman–Crippen MR) is 184 cm³/mol. The molecule has 0 saturated heterocycles. The number of benzene rings is 2. The topological polar surface area (TPSA) is 111 Å². The van der Waals surface area contributed by atoms with E-state index in [-0.39, 0.29) is 35.2 Å². The molecule has 1 aliphatic rings. The molecule has 1 N–H and O–H groups in total. The standard InChI is InChI=1S/C36H45N3O6.ClH/c1-9-10-15-24(2)30(27-16-12-11-13-17-27)20-21-38(7)23-36(5,6)45-35(41)32-26(4)37-25(3)31(34(40)44-8)33(32)28-18-14-19-29(22-28)39(42)43;/h9-19,22,30,33,37H,20-21,23H2,1-8H3;1H/b10-9+,24-15+;. The first-order valence-electron chi connectivity index (χ1n) is 15.1. The minimum absolute atomic E-state index is 0. The molecule has 2 aromatic carbocycles. The van der Waals surface area contributed by atoms with Crippen molar-refractivity contribution in [2.24, 2.45) is 0 Å². The summed E-state index contributed by atoms with van der Waals surface area (Å²) in [5, 5.41) is 14.7. The van der Waals surface area contributed by atoms with Crippen LogP contribution < -0.4 is 5.32 Å². The average molecular weight is 652 g/mol. The van der Waals surface area contributed by atoms with Crippen LogP contribution in [0.1, 0.15) is 70.9 Å². The van der Waals surface area contributed by atoms with E-state index in [9.17, 15) is 19.7 Å². The van der Waals surface area contributed by atoms with E-state index in [1.807, 2.05) is 40.0 Å². The van der Waals surface area contributed by atoms with E-state index in [1.165, 1.54) is 36.4 Å². The fourth-order valence-electron chi connectivity index (χ4n) is 5.92. The van der Waals surface area contributed by atoms with Crippen molar-refractivity contribution < 1.29 is 24.0 Å². The summed E-state index contributed by atoms with van der Waals surface area (Å²) >= 11 is 0. The minimum atomic E-state index is -0.918. The molecule has 10 heteroatoms. The Morgan fingerprint density at radius 2 is 1.70 bits per heavy atom. The summed E-state index contributed by atoms with van der Waals surface area (Å²) in [6, 6.07) is 16.4. The van der Waals surface area contributed by atoms with E-state index >= 15 is 0 Å². The summed E-state index contributed by atoms with van der Waals surface area (Å²) in [7, 11) is 3.26. The Morgan fingerprint density at radius 3 is 2.28 bits per heavy atom. The molecule has 0 bridgehead atoms. The molecule has 0 aliphatic carbocycles. The number of allylic oxidation sites excluding steroid dienone is 6. The second-order valence-corrected chi connectivity index (χ2v) is 12.1. The molecule has 46 heavy (non-hydrogen) atoms. The van der Waals surface area contributed by atoms with E-state index in [4.69, 9.17) is 9.47 Å². The molecule has 0 amide bonds. The smallest absolute Gasteiger partial charge is 0.337 e. The number of carbonyl (C=O) groups is 2. The van der Waals surface area contributed by atoms with Gasteiger partial charge in [-0.2, -0.15) is 0 Å². The number of hydrogen-bond acceptors (Lipinski definition) is 8. The highest BCUT2D eigenvalue weighted by Crippen LogP contribution is 2.40. The number of halogens is 1. The van der Waals surface area contributed by atoms with Crippen molar-refractivity contribution in [1.29, 1.82) is 0 Å². The van der Waals surface area contributed by atoms with Crippen LogP contribution in [0.2, 0.25) is 0 Å². The van der Waals surface area contributed by atoms with Crippen LogP contribution in [-0.2, 0) is 19.1 Å². The second kappa shape index (κ2) is 16.9. The van der Waals surface area contributed by atoms with Gasteiger partial charge in [-0.3, -0.25) is 10.1 Å². The SMILES string of the molecule is C/C=C/C=C(\C)C(CCN(C)CC(C)(C)OC(=O)C1=C(C)NC(C)=C(C(=O)OC)C1c1cccc([N+](=O)[O-])c1)c1ccccc1.Cl. The molecule has 2 atom stereocenters. The average Bonchev–Trinajstić information content (AvgIpc) is 2.99. The molecule has 0 radical (unpaired) electrons. The van der Waals surface area contributed by atoms with Gasteiger partial charge in [0, 0.05) is 36.0 Å². The molecule has 3 rings (SSSR count). The second-order valence-electron chi connectivity index (χ2n) is 12.1. The number of ether oxygens (including phenoxy) is 2. The normalized spacial score (nSPS) is 16.2. The zero-order valence-corrected chi connectivity index (χ0v) is 28.8. The Morgan fingerprint density at radius 1 is 1.07 bits per heavy atom. The van der Waals surface area contributed by atoms with Gasteiger partial charge in [0.2, 0.25) is 0 Å². The molecule has 1 aliphatic heterocycles. The molecule has 0 fully saturated rings. The third-order valence-electron chi connectivity index (χ3n) is 7.92. The van der Waals surface area contributed by atoms with E-state index in [2.05, 4.69) is 53.6 Å². The number of nitro groups is 1. The Hall–Kier alpha value is -4.21. The van der Waals surface area contributed by atoms with Gasteiger partial charge in [-0.25, -0.2) is 9.59 Å². The molecule has 9 nitrogen and oxygen atoms in total. The zero-order valence-electron chi connectivity index (χ0n) is 28.0. The van der Waals surface area contributed by atoms with Crippen molar-refractivity contribution in [3.8, 4) is 0 Å². The highest BCUT2D eigenvalue weighted by atomic mass is 35.5. The molecule has 2 aromatic rings. The van der Waals surface area contributed by atoms with Crippen LogP contribution >= 0.6 is 12.4 Å².